The van der Waals surface area contributed by atoms with Crippen molar-refractivity contribution in [3.05, 3.63) is 29.8 Å². The van der Waals surface area contributed by atoms with Gasteiger partial charge in [0.05, 0.1) is 13.2 Å². The molecule has 0 aliphatic heterocycles. The molecule has 0 aliphatic carbocycles. The van der Waals surface area contributed by atoms with Crippen molar-refractivity contribution in [3.63, 3.8) is 0 Å². The zero-order chi connectivity index (χ0) is 22.4. The molecule has 3 nitrogen and oxygen atoms in total. The third-order valence-corrected chi connectivity index (χ3v) is 6.90. The summed E-state index contributed by atoms with van der Waals surface area (Å²) >= 11 is 0. The average Bonchev–Trinajstić information content (AvgIpc) is 2.73. The van der Waals surface area contributed by atoms with E-state index in [1.807, 2.05) is 12.1 Å². The number of unbranched alkanes of at least 4 members (excludes halogenated alkanes) is 2. The van der Waals surface area contributed by atoms with E-state index in [0.717, 1.165) is 18.6 Å². The first kappa shape index (κ1) is 27.4. The second-order valence-electron chi connectivity index (χ2n) is 9.51. The Labute approximate surface area is 188 Å². The molecule has 0 bridgehead atoms. The van der Waals surface area contributed by atoms with Crippen molar-refractivity contribution in [3.8, 4) is 5.75 Å². The molecule has 0 amide bonds. The lowest BCUT2D eigenvalue weighted by Gasteiger charge is -2.23. The molecule has 0 N–H and O–H groups in total. The van der Waals surface area contributed by atoms with Crippen LogP contribution >= 0.6 is 8.60 Å². The Morgan fingerprint density at radius 1 is 0.767 bits per heavy atom. The first-order chi connectivity index (χ1) is 14.3. The van der Waals surface area contributed by atoms with E-state index in [-0.39, 0.29) is 5.41 Å². The average molecular weight is 439 g/mol. The van der Waals surface area contributed by atoms with Crippen molar-refractivity contribution in [2.75, 3.05) is 13.2 Å². The highest BCUT2D eigenvalue weighted by Crippen LogP contribution is 2.42. The van der Waals surface area contributed by atoms with Gasteiger partial charge >= 0.3 is 8.60 Å². The first-order valence-corrected chi connectivity index (χ1v) is 13.3. The molecule has 0 spiro atoms. The van der Waals surface area contributed by atoms with Gasteiger partial charge in [0.2, 0.25) is 0 Å². The first-order valence-electron chi connectivity index (χ1n) is 12.2. The maximum atomic E-state index is 6.21. The van der Waals surface area contributed by atoms with E-state index in [4.69, 9.17) is 13.6 Å². The highest BCUT2D eigenvalue weighted by Gasteiger charge is 2.21. The molecule has 0 saturated heterocycles. The zero-order valence-corrected chi connectivity index (χ0v) is 21.6. The quantitative estimate of drug-likeness (QED) is 0.241. The minimum Gasteiger partial charge on any atom is -0.427 e. The Bertz CT molecular complexity index is 518. The molecule has 0 aromatic heterocycles. The van der Waals surface area contributed by atoms with Crippen LogP contribution in [0.3, 0.4) is 0 Å². The molecule has 174 valence electrons. The summed E-state index contributed by atoms with van der Waals surface area (Å²) in [5.74, 6) is 1.98. The fourth-order valence-corrected chi connectivity index (χ4v) is 4.46. The molecule has 1 aromatic carbocycles. The van der Waals surface area contributed by atoms with Crippen LogP contribution in [0.15, 0.2) is 24.3 Å². The van der Waals surface area contributed by atoms with Gasteiger partial charge in [-0.2, -0.15) is 0 Å². The van der Waals surface area contributed by atoms with Crippen LogP contribution in [-0.4, -0.2) is 13.2 Å². The summed E-state index contributed by atoms with van der Waals surface area (Å²) in [5.41, 5.74) is 1.44. The minimum absolute atomic E-state index is 0.136. The van der Waals surface area contributed by atoms with E-state index in [2.05, 4.69) is 60.6 Å². The zero-order valence-electron chi connectivity index (χ0n) is 20.7. The van der Waals surface area contributed by atoms with Gasteiger partial charge in [0.1, 0.15) is 5.75 Å². The highest BCUT2D eigenvalue weighted by atomic mass is 31.2. The van der Waals surface area contributed by atoms with Crippen LogP contribution in [0.4, 0.5) is 0 Å². The lowest BCUT2D eigenvalue weighted by molar-refractivity contribution is 0.152. The van der Waals surface area contributed by atoms with Gasteiger partial charge in [-0.05, 0) is 47.8 Å². The molecule has 30 heavy (non-hydrogen) atoms. The Morgan fingerprint density at radius 2 is 1.23 bits per heavy atom. The van der Waals surface area contributed by atoms with Crippen LogP contribution < -0.4 is 4.52 Å². The topological polar surface area (TPSA) is 27.7 Å². The summed E-state index contributed by atoms with van der Waals surface area (Å²) in [5, 5.41) is 0. The third-order valence-electron chi connectivity index (χ3n) is 5.82. The monoisotopic (exact) mass is 438 g/mol. The van der Waals surface area contributed by atoms with E-state index in [0.29, 0.717) is 25.0 Å². The van der Waals surface area contributed by atoms with Crippen LogP contribution in [0, 0.1) is 11.8 Å². The van der Waals surface area contributed by atoms with Gasteiger partial charge in [-0.15, -0.1) is 0 Å². The van der Waals surface area contributed by atoms with Gasteiger partial charge in [0.15, 0.2) is 0 Å². The summed E-state index contributed by atoms with van der Waals surface area (Å²) in [6.07, 6.45) is 9.67. The standard InChI is InChI=1S/C26H47O3P/c1-8-12-14-22(10-3)20-27-30(28-21-23(11-4)15-13-9-2)29-25-18-16-24(17-19-25)26(5,6)7/h16-19,22-23H,8-15,20-21H2,1-7H3. The molecule has 0 heterocycles. The number of hydrogen-bond donors (Lipinski definition) is 0. The van der Waals surface area contributed by atoms with Crippen LogP contribution in [0.1, 0.15) is 105 Å². The molecule has 0 aliphatic rings. The molecule has 1 aromatic rings. The normalized spacial score (nSPS) is 15.0. The second kappa shape index (κ2) is 15.2. The summed E-state index contributed by atoms with van der Waals surface area (Å²) in [6, 6.07) is 8.39. The molecule has 0 saturated carbocycles. The Balaban J connectivity index is 2.75. The van der Waals surface area contributed by atoms with E-state index in [1.54, 1.807) is 0 Å². The molecular formula is C26H47O3P. The molecule has 4 heteroatoms. The lowest BCUT2D eigenvalue weighted by Crippen LogP contribution is -2.12. The van der Waals surface area contributed by atoms with Gasteiger partial charge in [0.25, 0.3) is 0 Å². The summed E-state index contributed by atoms with van der Waals surface area (Å²) in [6.45, 7) is 17.1. The minimum atomic E-state index is -1.38. The van der Waals surface area contributed by atoms with Gasteiger partial charge in [-0.1, -0.05) is 99.1 Å². The van der Waals surface area contributed by atoms with E-state index >= 15 is 0 Å². The second-order valence-corrected chi connectivity index (χ2v) is 10.7. The fraction of sp³-hybridized carbons (Fsp3) is 0.769. The molecule has 0 radical (unpaired) electrons. The molecule has 2 unspecified atom stereocenters. The van der Waals surface area contributed by atoms with Crippen LogP contribution in [0.25, 0.3) is 0 Å². The summed E-state index contributed by atoms with van der Waals surface area (Å²) < 4.78 is 18.6. The van der Waals surface area contributed by atoms with E-state index in [9.17, 15) is 0 Å². The molecular weight excluding hydrogens is 391 g/mol. The van der Waals surface area contributed by atoms with Crippen molar-refractivity contribution < 1.29 is 13.6 Å². The number of benzene rings is 1. The Morgan fingerprint density at radius 3 is 1.60 bits per heavy atom. The lowest BCUT2D eigenvalue weighted by atomic mass is 9.87. The molecule has 2 atom stereocenters. The van der Waals surface area contributed by atoms with Gasteiger partial charge in [-0.25, -0.2) is 0 Å². The number of rotatable bonds is 16. The summed E-state index contributed by atoms with van der Waals surface area (Å²) in [4.78, 5) is 0. The summed E-state index contributed by atoms with van der Waals surface area (Å²) in [7, 11) is -1.38. The molecule has 1 rings (SSSR count). The highest BCUT2D eigenvalue weighted by molar-refractivity contribution is 7.42. The number of hydrogen-bond acceptors (Lipinski definition) is 3. The maximum Gasteiger partial charge on any atom is 0.397 e. The third kappa shape index (κ3) is 11.1. The smallest absolute Gasteiger partial charge is 0.397 e. The van der Waals surface area contributed by atoms with Crippen molar-refractivity contribution in [2.45, 2.75) is 105 Å². The van der Waals surface area contributed by atoms with E-state index < -0.39 is 8.60 Å². The van der Waals surface area contributed by atoms with E-state index in [1.165, 1.54) is 44.1 Å². The van der Waals surface area contributed by atoms with Crippen LogP contribution in [0.5, 0.6) is 5.75 Å². The Kier molecular flexibility index (Phi) is 13.9. The van der Waals surface area contributed by atoms with Crippen molar-refractivity contribution >= 4 is 8.60 Å². The fourth-order valence-electron chi connectivity index (χ4n) is 3.32. The Hall–Kier alpha value is -0.630. The SMILES string of the molecule is CCCCC(CC)COP(OCC(CC)CCCC)Oc1ccc(C(C)(C)C)cc1. The van der Waals surface area contributed by atoms with Gasteiger partial charge < -0.3 is 13.6 Å². The van der Waals surface area contributed by atoms with Crippen molar-refractivity contribution in [1.82, 2.24) is 0 Å². The van der Waals surface area contributed by atoms with Crippen molar-refractivity contribution in [2.24, 2.45) is 11.8 Å². The molecule has 0 fully saturated rings. The van der Waals surface area contributed by atoms with Gasteiger partial charge in [-0.3, -0.25) is 0 Å². The van der Waals surface area contributed by atoms with Crippen LogP contribution in [0.2, 0.25) is 0 Å². The predicted molar refractivity (Wildman–Crippen MR) is 131 cm³/mol. The largest absolute Gasteiger partial charge is 0.427 e. The van der Waals surface area contributed by atoms with Gasteiger partial charge in [0, 0.05) is 0 Å². The maximum absolute atomic E-state index is 6.21. The van der Waals surface area contributed by atoms with Crippen LogP contribution in [-0.2, 0) is 14.5 Å². The van der Waals surface area contributed by atoms with Crippen molar-refractivity contribution in [1.29, 1.82) is 0 Å². The predicted octanol–water partition coefficient (Wildman–Crippen LogP) is 9.06.